The van der Waals surface area contributed by atoms with Gasteiger partial charge in [-0.05, 0) is 9.13 Å². The fraction of sp³-hybridized carbons (Fsp3) is 1.00. The zero-order valence-electron chi connectivity index (χ0n) is 20.1. The van der Waals surface area contributed by atoms with Crippen molar-refractivity contribution in [2.24, 2.45) is 0 Å². The third kappa shape index (κ3) is 562. The summed E-state index contributed by atoms with van der Waals surface area (Å²) < 4.78 is 73.0. The Morgan fingerprint density at radius 2 is 0.625 bits per heavy atom. The molecule has 0 saturated heterocycles. The highest BCUT2D eigenvalue weighted by Gasteiger charge is 2.19. The van der Waals surface area contributed by atoms with Gasteiger partial charge in [-0.15, -0.1) is 0 Å². The summed E-state index contributed by atoms with van der Waals surface area (Å²) in [7, 11) is -18.0. The van der Waals surface area contributed by atoms with Gasteiger partial charge >= 0.3 is 23.7 Å². The Kier molecular flexibility index (Phi) is 31.0. The molecular weight excluding hydrogens is 573 g/mol. The van der Waals surface area contributed by atoms with Gasteiger partial charge in [-0.2, -0.15) is 9.79 Å². The molecule has 0 aromatic rings. The van der Waals surface area contributed by atoms with Crippen molar-refractivity contribution in [2.75, 3.05) is 73.3 Å². The van der Waals surface area contributed by atoms with Gasteiger partial charge in [-0.3, -0.25) is 27.1 Å². The summed E-state index contributed by atoms with van der Waals surface area (Å²) in [6.45, 7) is 13.8. The van der Waals surface area contributed by atoms with Crippen LogP contribution >= 0.6 is 53.1 Å². The molecule has 0 fully saturated rings. The quantitative estimate of drug-likeness (QED) is 0.244. The molecule has 0 heterocycles. The van der Waals surface area contributed by atoms with Crippen molar-refractivity contribution in [1.29, 1.82) is 0 Å². The second kappa shape index (κ2) is 21.4. The summed E-state index contributed by atoms with van der Waals surface area (Å²) in [6, 6.07) is 0. The lowest BCUT2D eigenvalue weighted by molar-refractivity contribution is 0.386. The molecule has 0 spiro atoms. The fourth-order valence-corrected chi connectivity index (χ4v) is 3.28. The minimum Gasteiger partial charge on any atom is -0.345 e. The van der Waals surface area contributed by atoms with E-state index < -0.39 is 53.1 Å². The van der Waals surface area contributed by atoms with E-state index in [2.05, 4.69) is 4.31 Å². The van der Waals surface area contributed by atoms with Crippen LogP contribution in [0.25, 0.3) is 0 Å². The van der Waals surface area contributed by atoms with E-state index in [0.717, 1.165) is 6.66 Å². The Hall–Kier alpha value is 1.07. The second-order valence-corrected chi connectivity index (χ2v) is 21.3. The van der Waals surface area contributed by atoms with E-state index in [9.17, 15) is 22.8 Å². The van der Waals surface area contributed by atoms with Gasteiger partial charge in [0.05, 0.1) is 0 Å². The van der Waals surface area contributed by atoms with E-state index in [1.807, 2.05) is 0 Å². The highest BCUT2D eigenvalue weighted by Crippen LogP contribution is 2.54. The molecule has 3 atom stereocenters. The molecule has 0 aromatic carbocycles. The molecule has 21 heteroatoms. The van der Waals surface area contributed by atoms with Gasteiger partial charge in [0.25, 0.3) is 0 Å². The van der Waals surface area contributed by atoms with Gasteiger partial charge in [0.1, 0.15) is 0 Å². The zero-order chi connectivity index (χ0) is 28.4. The molecule has 32 heavy (non-hydrogen) atoms. The van der Waals surface area contributed by atoms with Crippen LogP contribution in [0.5, 0.6) is 0 Å². The van der Waals surface area contributed by atoms with E-state index in [1.165, 1.54) is 66.6 Å². The molecule has 6 N–H and O–H groups in total. The van der Waals surface area contributed by atoms with E-state index in [1.54, 1.807) is 0 Å². The molecule has 0 aliphatic carbocycles. The highest BCUT2D eigenvalue weighted by atomic mass is 31.3. The average Bonchev–Trinajstić information content (AvgIpc) is 2.11. The summed E-state index contributed by atoms with van der Waals surface area (Å²) >= 11 is 0. The van der Waals surface area contributed by atoms with Crippen molar-refractivity contribution >= 4 is 53.1 Å². The third-order valence-electron chi connectivity index (χ3n) is 0.348. The Morgan fingerprint density at radius 3 is 0.625 bits per heavy atom. The Labute approximate surface area is 192 Å². The largest absolute Gasteiger partial charge is 0.502 e. The standard InChI is InChI=1S/C3H10O4P2.3C2H7O2P.2CH3O2P/c1-8(2,4)7-9(3,5)6;3*1-5(2,3)4;2*1-4(2)3/h1-3H3,(H,5,6);3*1-2H3,(H,3,4);2*1H3/p+2. The summed E-state index contributed by atoms with van der Waals surface area (Å²) in [5.41, 5.74) is 0. The number of hydrogen-bond donors (Lipinski definition) is 6. The van der Waals surface area contributed by atoms with Gasteiger partial charge < -0.3 is 19.6 Å². The molecule has 0 amide bonds. The van der Waals surface area contributed by atoms with Crippen LogP contribution in [0.15, 0.2) is 0 Å². The normalized spacial score (nSPS) is 13.7. The molecule has 200 valence electrons. The Bertz CT molecular complexity index is 622. The SMILES string of the molecule is CP(C)(=O)O.CP(C)(=O)O.CP(C)(=O)O.CP(C)(=O)OP(C)(=O)O.C[P+](=O)O.C[P+](=O)O. The molecule has 0 saturated carbocycles. The maximum atomic E-state index is 10.7. The zero-order valence-corrected chi connectivity index (χ0v) is 26.3. The lowest BCUT2D eigenvalue weighted by Crippen LogP contribution is -1.82. The summed E-state index contributed by atoms with van der Waals surface area (Å²) in [5, 5.41) is 0. The molecule has 0 aromatic heterocycles. The summed E-state index contributed by atoms with van der Waals surface area (Å²) in [5.74, 6) is 0. The fourth-order valence-electron chi connectivity index (χ4n) is 0.365. The van der Waals surface area contributed by atoms with Gasteiger partial charge in [0.15, 0.2) is 35.4 Å². The first kappa shape index (κ1) is 46.4. The van der Waals surface area contributed by atoms with Crippen molar-refractivity contribution in [1.82, 2.24) is 0 Å². The van der Waals surface area contributed by atoms with E-state index in [-0.39, 0.29) is 0 Å². The van der Waals surface area contributed by atoms with Crippen molar-refractivity contribution in [3.8, 4) is 0 Å². The first-order valence-corrected chi connectivity index (χ1v) is 23.3. The third-order valence-corrected chi connectivity index (χ3v) is 3.13. The highest BCUT2D eigenvalue weighted by molar-refractivity contribution is 7.68. The summed E-state index contributed by atoms with van der Waals surface area (Å²) in [6.07, 6.45) is 0. The van der Waals surface area contributed by atoms with Crippen molar-refractivity contribution in [3.05, 3.63) is 0 Å². The molecular formula is C11H39O14P7+2. The number of hydrogen-bond acceptors (Lipinski definition) is 8. The van der Waals surface area contributed by atoms with Gasteiger partial charge in [0.2, 0.25) is 7.37 Å². The predicted octanol–water partition coefficient (Wildman–Crippen LogP) is 3.61. The van der Waals surface area contributed by atoms with Crippen LogP contribution in [0.2, 0.25) is 0 Å². The van der Waals surface area contributed by atoms with Crippen molar-refractivity contribution in [2.45, 2.75) is 0 Å². The van der Waals surface area contributed by atoms with Crippen LogP contribution in [0.1, 0.15) is 0 Å². The van der Waals surface area contributed by atoms with Crippen LogP contribution in [-0.4, -0.2) is 103 Å². The minimum absolute atomic E-state index is 1.01. The first-order chi connectivity index (χ1) is 13.2. The molecule has 0 rings (SSSR count). The van der Waals surface area contributed by atoms with Gasteiger partial charge in [-0.1, -0.05) is 0 Å². The predicted molar refractivity (Wildman–Crippen MR) is 133 cm³/mol. The lowest BCUT2D eigenvalue weighted by Gasteiger charge is -2.09. The second-order valence-electron chi connectivity index (χ2n) is 6.95. The molecule has 0 aliphatic rings. The van der Waals surface area contributed by atoms with Crippen LogP contribution in [0.3, 0.4) is 0 Å². The van der Waals surface area contributed by atoms with Crippen LogP contribution in [0.4, 0.5) is 0 Å². The van der Waals surface area contributed by atoms with Crippen LogP contribution in [-0.2, 0) is 36.3 Å². The monoisotopic (exact) mass is 612 g/mol. The van der Waals surface area contributed by atoms with E-state index in [4.69, 9.17) is 38.5 Å². The van der Waals surface area contributed by atoms with E-state index >= 15 is 0 Å². The average molecular weight is 612 g/mol. The molecule has 3 unspecified atom stereocenters. The Balaban J connectivity index is -0.0000000654. The molecule has 0 aliphatic heterocycles. The molecule has 0 radical (unpaired) electrons. The Morgan fingerprint density at radius 1 is 0.531 bits per heavy atom. The minimum atomic E-state index is -3.55. The maximum absolute atomic E-state index is 10.7. The first-order valence-electron chi connectivity index (χ1n) is 7.76. The van der Waals surface area contributed by atoms with Crippen LogP contribution < -0.4 is 0 Å². The number of rotatable bonds is 2. The van der Waals surface area contributed by atoms with Crippen LogP contribution in [0, 0.1) is 0 Å². The topological polar surface area (TPSA) is 250 Å². The molecule has 14 nitrogen and oxygen atoms in total. The molecule has 0 bridgehead atoms. The summed E-state index contributed by atoms with van der Waals surface area (Å²) in [4.78, 5) is 47.9. The van der Waals surface area contributed by atoms with E-state index in [0.29, 0.717) is 0 Å². The maximum Gasteiger partial charge on any atom is 0.502 e. The van der Waals surface area contributed by atoms with Gasteiger partial charge in [-0.25, -0.2) is 0 Å². The van der Waals surface area contributed by atoms with Gasteiger partial charge in [0, 0.05) is 60.0 Å². The smallest absolute Gasteiger partial charge is 0.345 e. The van der Waals surface area contributed by atoms with Crippen molar-refractivity contribution in [3.63, 3.8) is 0 Å². The van der Waals surface area contributed by atoms with Crippen molar-refractivity contribution < 1.29 is 65.6 Å². The lowest BCUT2D eigenvalue weighted by atomic mass is 11.9.